The van der Waals surface area contributed by atoms with Gasteiger partial charge in [0.1, 0.15) is 0 Å². The fourth-order valence-corrected chi connectivity index (χ4v) is 1.23. The van der Waals surface area contributed by atoms with E-state index in [9.17, 15) is 5.11 Å². The molecule has 0 saturated heterocycles. The quantitative estimate of drug-likeness (QED) is 0.397. The van der Waals surface area contributed by atoms with Crippen LogP contribution in [0, 0.1) is 0 Å². The summed E-state index contributed by atoms with van der Waals surface area (Å²) in [6, 6.07) is 0. The molecular formula is C9H21NO2. The van der Waals surface area contributed by atoms with Gasteiger partial charge in [-0.2, -0.15) is 0 Å². The second kappa shape index (κ2) is 6.40. The first-order valence-corrected chi connectivity index (χ1v) is 4.72. The molecule has 3 N–H and O–H groups in total. The molecule has 74 valence electrons. The lowest BCUT2D eigenvalue weighted by Crippen LogP contribution is -2.28. The molecule has 3 nitrogen and oxygen atoms in total. The molecule has 3 heteroatoms. The molecule has 0 aliphatic rings. The van der Waals surface area contributed by atoms with Gasteiger partial charge in [-0.25, -0.2) is 0 Å². The molecule has 0 amide bonds. The number of aliphatic hydroxyl groups is 2. The van der Waals surface area contributed by atoms with Crippen molar-refractivity contribution in [2.75, 3.05) is 13.3 Å². The average Bonchev–Trinajstić information content (AvgIpc) is 2.12. The minimum absolute atomic E-state index is 0.0245. The Morgan fingerprint density at radius 2 is 1.83 bits per heavy atom. The molecule has 0 spiro atoms. The van der Waals surface area contributed by atoms with Crippen molar-refractivity contribution in [3.8, 4) is 0 Å². The maximum absolute atomic E-state index is 9.84. The van der Waals surface area contributed by atoms with Gasteiger partial charge in [0.25, 0.3) is 0 Å². The van der Waals surface area contributed by atoms with E-state index in [-0.39, 0.29) is 6.73 Å². The fourth-order valence-electron chi connectivity index (χ4n) is 1.23. The van der Waals surface area contributed by atoms with E-state index >= 15 is 0 Å². The van der Waals surface area contributed by atoms with E-state index in [4.69, 9.17) is 5.11 Å². The number of rotatable bonds is 7. The minimum Gasteiger partial charge on any atom is -0.390 e. The van der Waals surface area contributed by atoms with Gasteiger partial charge < -0.3 is 10.2 Å². The van der Waals surface area contributed by atoms with Crippen LogP contribution in [0.3, 0.4) is 0 Å². The van der Waals surface area contributed by atoms with E-state index in [2.05, 4.69) is 5.32 Å². The zero-order chi connectivity index (χ0) is 9.45. The normalized spacial score (nSPS) is 12.0. The standard InChI is InChI=1S/C9H21NO2/c1-3-9(12,4-2)6-5-7-10-8-11/h10-12H,3-8H2,1-2H3. The third-order valence-electron chi connectivity index (χ3n) is 2.42. The van der Waals surface area contributed by atoms with Crippen LogP contribution in [0.5, 0.6) is 0 Å². The molecule has 0 fully saturated rings. The topological polar surface area (TPSA) is 52.5 Å². The highest BCUT2D eigenvalue weighted by Crippen LogP contribution is 2.20. The van der Waals surface area contributed by atoms with Crippen molar-refractivity contribution in [2.24, 2.45) is 0 Å². The van der Waals surface area contributed by atoms with Gasteiger partial charge in [0, 0.05) is 0 Å². The van der Waals surface area contributed by atoms with E-state index in [1.807, 2.05) is 13.8 Å². The summed E-state index contributed by atoms with van der Waals surface area (Å²) in [6.45, 7) is 4.81. The summed E-state index contributed by atoms with van der Waals surface area (Å²) in [7, 11) is 0. The van der Waals surface area contributed by atoms with Gasteiger partial charge >= 0.3 is 0 Å². The van der Waals surface area contributed by atoms with E-state index in [1.54, 1.807) is 0 Å². The van der Waals surface area contributed by atoms with Gasteiger partial charge in [0.2, 0.25) is 0 Å². The highest BCUT2D eigenvalue weighted by molar-refractivity contribution is 4.74. The summed E-state index contributed by atoms with van der Waals surface area (Å²) in [5.74, 6) is 0. The average molecular weight is 175 g/mol. The zero-order valence-electron chi connectivity index (χ0n) is 8.14. The molecule has 0 aromatic carbocycles. The third kappa shape index (κ3) is 4.70. The Morgan fingerprint density at radius 1 is 1.25 bits per heavy atom. The summed E-state index contributed by atoms with van der Waals surface area (Å²) in [6.07, 6.45) is 3.34. The Bertz CT molecular complexity index is 103. The van der Waals surface area contributed by atoms with Crippen LogP contribution in [-0.4, -0.2) is 29.1 Å². The fraction of sp³-hybridized carbons (Fsp3) is 1.00. The Balaban J connectivity index is 3.45. The van der Waals surface area contributed by atoms with E-state index in [0.717, 1.165) is 32.2 Å². The van der Waals surface area contributed by atoms with Gasteiger partial charge in [0.05, 0.1) is 12.3 Å². The van der Waals surface area contributed by atoms with Gasteiger partial charge in [-0.1, -0.05) is 13.8 Å². The maximum Gasteiger partial charge on any atom is 0.0931 e. The van der Waals surface area contributed by atoms with Gasteiger partial charge in [-0.05, 0) is 32.2 Å². The Kier molecular flexibility index (Phi) is 6.34. The van der Waals surface area contributed by atoms with E-state index in [0.29, 0.717) is 0 Å². The smallest absolute Gasteiger partial charge is 0.0931 e. The predicted molar refractivity (Wildman–Crippen MR) is 49.9 cm³/mol. The van der Waals surface area contributed by atoms with E-state index < -0.39 is 5.60 Å². The lowest BCUT2D eigenvalue weighted by molar-refractivity contribution is 0.0214. The van der Waals surface area contributed by atoms with Crippen LogP contribution in [0.4, 0.5) is 0 Å². The molecule has 0 unspecified atom stereocenters. The summed E-state index contributed by atoms with van der Waals surface area (Å²) in [4.78, 5) is 0. The number of hydrogen-bond donors (Lipinski definition) is 3. The first-order chi connectivity index (χ1) is 5.68. The van der Waals surface area contributed by atoms with Crippen molar-refractivity contribution in [1.29, 1.82) is 0 Å². The Hall–Kier alpha value is -0.120. The van der Waals surface area contributed by atoms with Crippen molar-refractivity contribution in [1.82, 2.24) is 5.32 Å². The minimum atomic E-state index is -0.489. The molecule has 0 saturated carbocycles. The lowest BCUT2D eigenvalue weighted by atomic mass is 9.92. The van der Waals surface area contributed by atoms with Crippen molar-refractivity contribution >= 4 is 0 Å². The van der Waals surface area contributed by atoms with Crippen LogP contribution in [0.25, 0.3) is 0 Å². The van der Waals surface area contributed by atoms with Crippen molar-refractivity contribution in [3.63, 3.8) is 0 Å². The van der Waals surface area contributed by atoms with Gasteiger partial charge in [-0.3, -0.25) is 5.32 Å². The second-order valence-corrected chi connectivity index (χ2v) is 3.19. The highest BCUT2D eigenvalue weighted by Gasteiger charge is 2.20. The van der Waals surface area contributed by atoms with Crippen molar-refractivity contribution in [3.05, 3.63) is 0 Å². The van der Waals surface area contributed by atoms with Gasteiger partial charge in [0.15, 0.2) is 0 Å². The van der Waals surface area contributed by atoms with Crippen LogP contribution < -0.4 is 5.32 Å². The first kappa shape index (κ1) is 11.9. The molecule has 0 bridgehead atoms. The largest absolute Gasteiger partial charge is 0.390 e. The van der Waals surface area contributed by atoms with Crippen molar-refractivity contribution < 1.29 is 10.2 Å². The monoisotopic (exact) mass is 175 g/mol. The Labute approximate surface area is 74.8 Å². The number of hydrogen-bond acceptors (Lipinski definition) is 3. The Morgan fingerprint density at radius 3 is 2.25 bits per heavy atom. The molecule has 12 heavy (non-hydrogen) atoms. The zero-order valence-corrected chi connectivity index (χ0v) is 8.14. The summed E-state index contributed by atoms with van der Waals surface area (Å²) in [5.41, 5.74) is -0.489. The summed E-state index contributed by atoms with van der Waals surface area (Å²) >= 11 is 0. The van der Waals surface area contributed by atoms with Crippen molar-refractivity contribution in [2.45, 2.75) is 45.1 Å². The number of nitrogens with one attached hydrogen (secondary N) is 1. The van der Waals surface area contributed by atoms with Crippen LogP contribution in [0.15, 0.2) is 0 Å². The molecule has 0 aliphatic carbocycles. The summed E-state index contributed by atoms with van der Waals surface area (Å²) < 4.78 is 0. The molecule has 0 aliphatic heterocycles. The second-order valence-electron chi connectivity index (χ2n) is 3.19. The molecule has 0 heterocycles. The SMILES string of the molecule is CCC(O)(CC)CCCNCO. The summed E-state index contributed by atoms with van der Waals surface area (Å²) in [5, 5.41) is 21.1. The number of aliphatic hydroxyl groups excluding tert-OH is 1. The van der Waals surface area contributed by atoms with E-state index in [1.165, 1.54) is 0 Å². The van der Waals surface area contributed by atoms with Crippen LogP contribution in [0.2, 0.25) is 0 Å². The van der Waals surface area contributed by atoms with Crippen LogP contribution >= 0.6 is 0 Å². The molecule has 0 atom stereocenters. The molecular weight excluding hydrogens is 154 g/mol. The molecule has 0 rings (SSSR count). The van der Waals surface area contributed by atoms with Gasteiger partial charge in [-0.15, -0.1) is 0 Å². The lowest BCUT2D eigenvalue weighted by Gasteiger charge is -2.24. The first-order valence-electron chi connectivity index (χ1n) is 4.72. The third-order valence-corrected chi connectivity index (χ3v) is 2.42. The predicted octanol–water partition coefficient (Wildman–Crippen LogP) is 0.857. The molecule has 0 aromatic heterocycles. The maximum atomic E-state index is 9.84. The molecule has 0 aromatic rings. The highest BCUT2D eigenvalue weighted by atomic mass is 16.3. The molecule has 0 radical (unpaired) electrons. The van der Waals surface area contributed by atoms with Crippen LogP contribution in [0.1, 0.15) is 39.5 Å². The van der Waals surface area contributed by atoms with Crippen LogP contribution in [-0.2, 0) is 0 Å².